The first kappa shape index (κ1) is 17.2. The SMILES string of the molecule is CC(C)(C(=O)Nc1cccc(F)c1)C(=O)Nc1ccccc1C#N. The normalized spacial score (nSPS) is 10.6. The van der Waals surface area contributed by atoms with E-state index in [2.05, 4.69) is 10.6 Å². The Morgan fingerprint density at radius 2 is 1.71 bits per heavy atom. The lowest BCUT2D eigenvalue weighted by molar-refractivity contribution is -0.135. The third-order valence-corrected chi connectivity index (χ3v) is 3.51. The van der Waals surface area contributed by atoms with Gasteiger partial charge >= 0.3 is 0 Å². The summed E-state index contributed by atoms with van der Waals surface area (Å²) in [6.45, 7) is 2.90. The molecule has 0 saturated heterocycles. The molecule has 2 rings (SSSR count). The van der Waals surface area contributed by atoms with E-state index in [0.717, 1.165) is 6.07 Å². The van der Waals surface area contributed by atoms with Crippen molar-refractivity contribution in [2.24, 2.45) is 5.41 Å². The van der Waals surface area contributed by atoms with Gasteiger partial charge in [-0.25, -0.2) is 4.39 Å². The zero-order chi connectivity index (χ0) is 17.7. The van der Waals surface area contributed by atoms with Gasteiger partial charge in [-0.05, 0) is 44.2 Å². The lowest BCUT2D eigenvalue weighted by Gasteiger charge is -2.23. The number of carbonyl (C=O) groups is 2. The number of anilines is 2. The summed E-state index contributed by atoms with van der Waals surface area (Å²) >= 11 is 0. The van der Waals surface area contributed by atoms with Crippen molar-refractivity contribution in [2.75, 3.05) is 10.6 Å². The average Bonchev–Trinajstić information content (AvgIpc) is 2.55. The highest BCUT2D eigenvalue weighted by molar-refractivity contribution is 6.14. The van der Waals surface area contributed by atoms with Gasteiger partial charge in [-0.2, -0.15) is 5.26 Å². The molecule has 0 aliphatic heterocycles. The topological polar surface area (TPSA) is 82.0 Å². The largest absolute Gasteiger partial charge is 0.325 e. The lowest BCUT2D eigenvalue weighted by atomic mass is 9.90. The van der Waals surface area contributed by atoms with Crippen molar-refractivity contribution in [3.8, 4) is 6.07 Å². The molecule has 2 aromatic rings. The molecule has 0 spiro atoms. The number of carbonyl (C=O) groups excluding carboxylic acids is 2. The van der Waals surface area contributed by atoms with E-state index < -0.39 is 23.0 Å². The molecule has 0 aliphatic carbocycles. The van der Waals surface area contributed by atoms with Crippen LogP contribution in [0.15, 0.2) is 48.5 Å². The molecule has 0 fully saturated rings. The van der Waals surface area contributed by atoms with Gasteiger partial charge in [-0.1, -0.05) is 18.2 Å². The summed E-state index contributed by atoms with van der Waals surface area (Å²) in [6.07, 6.45) is 0. The fraction of sp³-hybridized carbons (Fsp3) is 0.167. The number of para-hydroxylation sites is 1. The molecule has 5 nitrogen and oxygen atoms in total. The Kier molecular flexibility index (Phi) is 4.95. The van der Waals surface area contributed by atoms with Crippen LogP contribution in [0, 0.1) is 22.6 Å². The molecule has 2 amide bonds. The number of benzene rings is 2. The van der Waals surface area contributed by atoms with Gasteiger partial charge in [0.15, 0.2) is 0 Å². The van der Waals surface area contributed by atoms with Gasteiger partial charge in [-0.15, -0.1) is 0 Å². The Balaban J connectivity index is 2.15. The van der Waals surface area contributed by atoms with Gasteiger partial charge in [0, 0.05) is 5.69 Å². The van der Waals surface area contributed by atoms with Crippen LogP contribution in [0.3, 0.4) is 0 Å². The van der Waals surface area contributed by atoms with Crippen LogP contribution in [0.1, 0.15) is 19.4 Å². The molecule has 0 heterocycles. The highest BCUT2D eigenvalue weighted by Crippen LogP contribution is 2.23. The van der Waals surface area contributed by atoms with Crippen LogP contribution < -0.4 is 10.6 Å². The zero-order valence-electron chi connectivity index (χ0n) is 13.3. The molecule has 122 valence electrons. The first-order valence-electron chi connectivity index (χ1n) is 7.22. The Hall–Kier alpha value is -3.20. The van der Waals surface area contributed by atoms with E-state index in [1.807, 2.05) is 6.07 Å². The monoisotopic (exact) mass is 325 g/mol. The average molecular weight is 325 g/mol. The minimum atomic E-state index is -1.42. The molecular weight excluding hydrogens is 309 g/mol. The van der Waals surface area contributed by atoms with E-state index in [1.165, 1.54) is 32.0 Å². The molecule has 0 atom stereocenters. The van der Waals surface area contributed by atoms with Crippen LogP contribution in [0.2, 0.25) is 0 Å². The molecule has 6 heteroatoms. The van der Waals surface area contributed by atoms with E-state index in [-0.39, 0.29) is 5.69 Å². The molecule has 0 saturated carbocycles. The third-order valence-electron chi connectivity index (χ3n) is 3.51. The second-order valence-electron chi connectivity index (χ2n) is 5.70. The van der Waals surface area contributed by atoms with Crippen molar-refractivity contribution >= 4 is 23.2 Å². The van der Waals surface area contributed by atoms with E-state index in [0.29, 0.717) is 11.3 Å². The molecule has 2 aromatic carbocycles. The molecular formula is C18H16FN3O2. The summed E-state index contributed by atoms with van der Waals surface area (Å²) in [6, 6.07) is 13.9. The van der Waals surface area contributed by atoms with E-state index in [9.17, 15) is 14.0 Å². The molecule has 0 aromatic heterocycles. The molecule has 0 aliphatic rings. The third kappa shape index (κ3) is 3.76. The smallest absolute Gasteiger partial charge is 0.239 e. The van der Waals surface area contributed by atoms with Crippen LogP contribution in [-0.4, -0.2) is 11.8 Å². The molecule has 0 unspecified atom stereocenters. The van der Waals surface area contributed by atoms with Crippen molar-refractivity contribution in [1.29, 1.82) is 5.26 Å². The molecule has 2 N–H and O–H groups in total. The summed E-state index contributed by atoms with van der Waals surface area (Å²) in [4.78, 5) is 24.8. The Morgan fingerprint density at radius 3 is 2.38 bits per heavy atom. The van der Waals surface area contributed by atoms with Gasteiger partial charge in [0.2, 0.25) is 11.8 Å². The maximum Gasteiger partial charge on any atom is 0.239 e. The van der Waals surface area contributed by atoms with Crippen LogP contribution in [0.25, 0.3) is 0 Å². The number of amides is 2. The first-order chi connectivity index (χ1) is 11.3. The fourth-order valence-corrected chi connectivity index (χ4v) is 1.92. The highest BCUT2D eigenvalue weighted by Gasteiger charge is 2.36. The first-order valence-corrected chi connectivity index (χ1v) is 7.22. The second kappa shape index (κ2) is 6.92. The highest BCUT2D eigenvalue weighted by atomic mass is 19.1. The van der Waals surface area contributed by atoms with Crippen LogP contribution in [0.5, 0.6) is 0 Å². The Bertz CT molecular complexity index is 825. The van der Waals surface area contributed by atoms with Crippen molar-refractivity contribution in [1.82, 2.24) is 0 Å². The maximum absolute atomic E-state index is 13.2. The van der Waals surface area contributed by atoms with Crippen molar-refractivity contribution < 1.29 is 14.0 Å². The maximum atomic E-state index is 13.2. The number of hydrogen-bond acceptors (Lipinski definition) is 3. The lowest BCUT2D eigenvalue weighted by Crippen LogP contribution is -2.41. The molecule has 0 radical (unpaired) electrons. The van der Waals surface area contributed by atoms with E-state index >= 15 is 0 Å². The number of nitrogens with one attached hydrogen (secondary N) is 2. The summed E-state index contributed by atoms with van der Waals surface area (Å²) < 4.78 is 13.2. The fourth-order valence-electron chi connectivity index (χ4n) is 1.92. The minimum Gasteiger partial charge on any atom is -0.325 e. The van der Waals surface area contributed by atoms with E-state index in [4.69, 9.17) is 5.26 Å². The number of hydrogen-bond donors (Lipinski definition) is 2. The quantitative estimate of drug-likeness (QED) is 0.846. The number of rotatable bonds is 4. The zero-order valence-corrected chi connectivity index (χ0v) is 13.3. The van der Waals surface area contributed by atoms with Gasteiger partial charge < -0.3 is 10.6 Å². The van der Waals surface area contributed by atoms with Crippen molar-refractivity contribution in [3.63, 3.8) is 0 Å². The summed E-state index contributed by atoms with van der Waals surface area (Å²) in [5.74, 6) is -1.64. The summed E-state index contributed by atoms with van der Waals surface area (Å²) in [5.41, 5.74) is -0.531. The molecule has 0 bridgehead atoms. The Labute approximate surface area is 139 Å². The number of nitrogens with zero attached hydrogens (tertiary/aromatic N) is 1. The predicted octanol–water partition coefficient (Wildman–Crippen LogP) is 3.30. The van der Waals surface area contributed by atoms with Gasteiger partial charge in [0.25, 0.3) is 0 Å². The van der Waals surface area contributed by atoms with Crippen molar-refractivity contribution in [3.05, 3.63) is 59.9 Å². The van der Waals surface area contributed by atoms with Gasteiger partial charge in [-0.3, -0.25) is 9.59 Å². The number of nitriles is 1. The summed E-state index contributed by atoms with van der Waals surface area (Å²) in [5, 5.41) is 14.1. The Morgan fingerprint density at radius 1 is 1.04 bits per heavy atom. The van der Waals surface area contributed by atoms with Gasteiger partial charge in [0.1, 0.15) is 17.3 Å². The minimum absolute atomic E-state index is 0.262. The van der Waals surface area contributed by atoms with Crippen molar-refractivity contribution in [2.45, 2.75) is 13.8 Å². The van der Waals surface area contributed by atoms with Gasteiger partial charge in [0.05, 0.1) is 11.3 Å². The summed E-state index contributed by atoms with van der Waals surface area (Å²) in [7, 11) is 0. The number of halogens is 1. The van der Waals surface area contributed by atoms with Crippen LogP contribution >= 0.6 is 0 Å². The standard InChI is InChI=1S/C18H16FN3O2/c1-18(2,16(23)21-14-8-5-7-13(19)10-14)17(24)22-15-9-4-3-6-12(15)11-20/h3-10H,1-2H3,(H,21,23)(H,22,24). The van der Waals surface area contributed by atoms with E-state index in [1.54, 1.807) is 24.3 Å². The van der Waals surface area contributed by atoms with Crippen LogP contribution in [0.4, 0.5) is 15.8 Å². The predicted molar refractivity (Wildman–Crippen MR) is 88.6 cm³/mol. The second-order valence-corrected chi connectivity index (χ2v) is 5.70. The molecule has 24 heavy (non-hydrogen) atoms. The van der Waals surface area contributed by atoms with Crippen LogP contribution in [-0.2, 0) is 9.59 Å².